The van der Waals surface area contributed by atoms with Crippen molar-refractivity contribution in [2.45, 2.75) is 19.8 Å². The number of rotatable bonds is 5. The molecule has 98 valence electrons. The lowest BCUT2D eigenvalue weighted by molar-refractivity contribution is 0.481. The van der Waals surface area contributed by atoms with Crippen LogP contribution in [0.3, 0.4) is 0 Å². The van der Waals surface area contributed by atoms with E-state index in [4.69, 9.17) is 15.9 Å². The molecule has 19 heavy (non-hydrogen) atoms. The third-order valence-corrected chi connectivity index (χ3v) is 2.87. The summed E-state index contributed by atoms with van der Waals surface area (Å²) < 4.78 is 5.78. The normalized spacial score (nSPS) is 10.2. The third-order valence-electron chi connectivity index (χ3n) is 2.87. The number of amidine groups is 1. The minimum Gasteiger partial charge on any atom is -0.457 e. The first-order valence-electron chi connectivity index (χ1n) is 6.41. The highest BCUT2D eigenvalue weighted by atomic mass is 16.5. The molecular weight excluding hydrogens is 236 g/mol. The van der Waals surface area contributed by atoms with E-state index in [9.17, 15) is 0 Å². The van der Waals surface area contributed by atoms with Gasteiger partial charge in [0.25, 0.3) is 0 Å². The van der Waals surface area contributed by atoms with Gasteiger partial charge in [0.05, 0.1) is 5.56 Å². The van der Waals surface area contributed by atoms with Crippen molar-refractivity contribution in [3.8, 4) is 11.5 Å². The molecule has 0 fully saturated rings. The smallest absolute Gasteiger partial charge is 0.138 e. The molecule has 0 saturated heterocycles. The van der Waals surface area contributed by atoms with E-state index in [-0.39, 0.29) is 5.84 Å². The van der Waals surface area contributed by atoms with Crippen LogP contribution in [0.2, 0.25) is 0 Å². The van der Waals surface area contributed by atoms with E-state index in [0.29, 0.717) is 11.3 Å². The van der Waals surface area contributed by atoms with Crippen LogP contribution in [0.25, 0.3) is 0 Å². The predicted molar refractivity (Wildman–Crippen MR) is 78.0 cm³/mol. The van der Waals surface area contributed by atoms with Gasteiger partial charge in [0.1, 0.15) is 17.3 Å². The maximum Gasteiger partial charge on any atom is 0.138 e. The molecule has 0 amide bonds. The van der Waals surface area contributed by atoms with Crippen LogP contribution < -0.4 is 10.5 Å². The zero-order chi connectivity index (χ0) is 13.7. The number of nitrogens with one attached hydrogen (secondary N) is 1. The zero-order valence-electron chi connectivity index (χ0n) is 11.0. The van der Waals surface area contributed by atoms with Crippen molar-refractivity contribution in [3.63, 3.8) is 0 Å². The molecule has 0 radical (unpaired) electrons. The Bertz CT molecular complexity index is 561. The first-order chi connectivity index (χ1) is 9.20. The van der Waals surface area contributed by atoms with Crippen molar-refractivity contribution in [1.82, 2.24) is 0 Å². The molecule has 0 aliphatic carbocycles. The Kier molecular flexibility index (Phi) is 4.18. The SMILES string of the molecule is CCCc1ccc(Oc2ccccc2C(=N)N)cc1. The number of hydrogen-bond donors (Lipinski definition) is 2. The van der Waals surface area contributed by atoms with E-state index < -0.39 is 0 Å². The quantitative estimate of drug-likeness (QED) is 0.631. The van der Waals surface area contributed by atoms with Crippen molar-refractivity contribution < 1.29 is 4.74 Å². The maximum absolute atomic E-state index is 7.53. The average molecular weight is 254 g/mol. The fourth-order valence-electron chi connectivity index (χ4n) is 1.92. The van der Waals surface area contributed by atoms with Crippen molar-refractivity contribution in [1.29, 1.82) is 5.41 Å². The van der Waals surface area contributed by atoms with E-state index in [1.54, 1.807) is 6.07 Å². The summed E-state index contributed by atoms with van der Waals surface area (Å²) in [6.07, 6.45) is 2.21. The Morgan fingerprint density at radius 3 is 2.42 bits per heavy atom. The van der Waals surface area contributed by atoms with Crippen LogP contribution in [0, 0.1) is 5.41 Å². The molecule has 0 spiro atoms. The minimum absolute atomic E-state index is 0.0122. The Hall–Kier alpha value is -2.29. The topological polar surface area (TPSA) is 59.1 Å². The number of ether oxygens (including phenoxy) is 1. The fraction of sp³-hybridized carbons (Fsp3) is 0.188. The Morgan fingerprint density at radius 1 is 1.11 bits per heavy atom. The molecule has 2 aromatic carbocycles. The molecule has 0 atom stereocenters. The lowest BCUT2D eigenvalue weighted by Gasteiger charge is -2.10. The van der Waals surface area contributed by atoms with Gasteiger partial charge in [-0.05, 0) is 36.2 Å². The molecule has 0 aliphatic heterocycles. The van der Waals surface area contributed by atoms with Crippen molar-refractivity contribution in [2.24, 2.45) is 5.73 Å². The maximum atomic E-state index is 7.53. The van der Waals surface area contributed by atoms with Gasteiger partial charge in [-0.2, -0.15) is 0 Å². The number of nitrogens with two attached hydrogens (primary N) is 1. The summed E-state index contributed by atoms with van der Waals surface area (Å²) in [5.41, 5.74) is 7.45. The Labute approximate surface area is 113 Å². The highest BCUT2D eigenvalue weighted by Gasteiger charge is 2.06. The van der Waals surface area contributed by atoms with Crippen LogP contribution in [0.15, 0.2) is 48.5 Å². The van der Waals surface area contributed by atoms with Crippen LogP contribution in [0.5, 0.6) is 11.5 Å². The zero-order valence-corrected chi connectivity index (χ0v) is 11.0. The average Bonchev–Trinajstić information content (AvgIpc) is 2.42. The summed E-state index contributed by atoms with van der Waals surface area (Å²) in [4.78, 5) is 0. The standard InChI is InChI=1S/C16H18N2O/c1-2-5-12-8-10-13(11-9-12)19-15-7-4-3-6-14(15)16(17)18/h3-4,6-11H,2,5H2,1H3,(H3,17,18). The van der Waals surface area contributed by atoms with E-state index >= 15 is 0 Å². The monoisotopic (exact) mass is 254 g/mol. The predicted octanol–water partition coefficient (Wildman–Crippen LogP) is 3.72. The van der Waals surface area contributed by atoms with E-state index in [2.05, 4.69) is 19.1 Å². The lowest BCUT2D eigenvalue weighted by Crippen LogP contribution is -2.12. The number of aryl methyl sites for hydroxylation is 1. The van der Waals surface area contributed by atoms with E-state index in [0.717, 1.165) is 18.6 Å². The molecule has 0 heterocycles. The van der Waals surface area contributed by atoms with Crippen molar-refractivity contribution >= 4 is 5.84 Å². The van der Waals surface area contributed by atoms with Crippen molar-refractivity contribution in [2.75, 3.05) is 0 Å². The number of benzene rings is 2. The fourth-order valence-corrected chi connectivity index (χ4v) is 1.92. The summed E-state index contributed by atoms with van der Waals surface area (Å²) in [6.45, 7) is 2.16. The molecule has 0 unspecified atom stereocenters. The van der Waals surface area contributed by atoms with Gasteiger partial charge in [0.15, 0.2) is 0 Å². The molecule has 0 aliphatic rings. The molecule has 3 N–H and O–H groups in total. The molecule has 0 saturated carbocycles. The van der Waals surface area contributed by atoms with Gasteiger partial charge in [-0.15, -0.1) is 0 Å². The van der Waals surface area contributed by atoms with Crippen LogP contribution in [0.4, 0.5) is 0 Å². The first kappa shape index (κ1) is 13.1. The van der Waals surface area contributed by atoms with Gasteiger partial charge < -0.3 is 10.5 Å². The first-order valence-corrected chi connectivity index (χ1v) is 6.41. The largest absolute Gasteiger partial charge is 0.457 e. The van der Waals surface area contributed by atoms with Crippen LogP contribution in [0.1, 0.15) is 24.5 Å². The molecular formula is C16H18N2O. The molecule has 2 aromatic rings. The molecule has 0 aromatic heterocycles. The Morgan fingerprint density at radius 2 is 1.79 bits per heavy atom. The summed E-state index contributed by atoms with van der Waals surface area (Å²) >= 11 is 0. The lowest BCUT2D eigenvalue weighted by atomic mass is 10.1. The second kappa shape index (κ2) is 6.05. The summed E-state index contributed by atoms with van der Waals surface area (Å²) in [5, 5.41) is 7.53. The van der Waals surface area contributed by atoms with Crippen LogP contribution >= 0.6 is 0 Å². The van der Waals surface area contributed by atoms with Crippen molar-refractivity contribution in [3.05, 3.63) is 59.7 Å². The molecule has 3 nitrogen and oxygen atoms in total. The molecule has 2 rings (SSSR count). The van der Waals surface area contributed by atoms with Crippen LogP contribution in [-0.2, 0) is 6.42 Å². The Balaban J connectivity index is 2.19. The number of nitrogen functional groups attached to an aromatic ring is 1. The van der Waals surface area contributed by atoms with Gasteiger partial charge in [-0.1, -0.05) is 37.6 Å². The second-order valence-electron chi connectivity index (χ2n) is 4.41. The second-order valence-corrected chi connectivity index (χ2v) is 4.41. The summed E-state index contributed by atoms with van der Waals surface area (Å²) in [5.74, 6) is 1.38. The van der Waals surface area contributed by atoms with Gasteiger partial charge in [-0.25, -0.2) is 0 Å². The highest BCUT2D eigenvalue weighted by Crippen LogP contribution is 2.25. The van der Waals surface area contributed by atoms with Gasteiger partial charge in [0.2, 0.25) is 0 Å². The van der Waals surface area contributed by atoms with Gasteiger partial charge >= 0.3 is 0 Å². The molecule has 3 heteroatoms. The number of hydrogen-bond acceptors (Lipinski definition) is 2. The summed E-state index contributed by atoms with van der Waals surface area (Å²) in [7, 11) is 0. The van der Waals surface area contributed by atoms with E-state index in [1.807, 2.05) is 30.3 Å². The number of para-hydroxylation sites is 1. The van der Waals surface area contributed by atoms with Gasteiger partial charge in [0, 0.05) is 0 Å². The highest BCUT2D eigenvalue weighted by molar-refractivity contribution is 5.97. The van der Waals surface area contributed by atoms with Crippen LogP contribution in [-0.4, -0.2) is 5.84 Å². The third kappa shape index (κ3) is 3.35. The minimum atomic E-state index is 0.0122. The van der Waals surface area contributed by atoms with E-state index in [1.165, 1.54) is 5.56 Å². The molecule has 0 bridgehead atoms. The summed E-state index contributed by atoms with van der Waals surface area (Å²) in [6, 6.07) is 15.3. The van der Waals surface area contributed by atoms with Gasteiger partial charge in [-0.3, -0.25) is 5.41 Å².